The van der Waals surface area contributed by atoms with Crippen LogP contribution in [0.2, 0.25) is 0 Å². The van der Waals surface area contributed by atoms with Gasteiger partial charge in [-0.3, -0.25) is 4.90 Å². The van der Waals surface area contributed by atoms with Gasteiger partial charge in [0.25, 0.3) is 0 Å². The van der Waals surface area contributed by atoms with Crippen molar-refractivity contribution in [1.82, 2.24) is 10.2 Å². The Kier molecular flexibility index (Phi) is 3.91. The molecular formula is C13H19FN2. The Balaban J connectivity index is 1.91. The molecule has 0 amide bonds. The molecule has 1 N–H and O–H groups in total. The minimum atomic E-state index is -0.157. The molecule has 3 heteroatoms. The summed E-state index contributed by atoms with van der Waals surface area (Å²) < 4.78 is 12.8. The monoisotopic (exact) mass is 222 g/mol. The molecule has 0 saturated carbocycles. The molecule has 0 bridgehead atoms. The van der Waals surface area contributed by atoms with Gasteiger partial charge in [-0.05, 0) is 24.1 Å². The fourth-order valence-corrected chi connectivity index (χ4v) is 2.16. The van der Waals surface area contributed by atoms with Gasteiger partial charge in [0.05, 0.1) is 0 Å². The average Bonchev–Trinajstić information content (AvgIpc) is 2.32. The van der Waals surface area contributed by atoms with Crippen LogP contribution in [0.5, 0.6) is 0 Å². The van der Waals surface area contributed by atoms with Crippen LogP contribution in [0.15, 0.2) is 24.3 Å². The van der Waals surface area contributed by atoms with Crippen molar-refractivity contribution in [2.24, 2.45) is 0 Å². The van der Waals surface area contributed by atoms with Crippen LogP contribution in [-0.4, -0.2) is 30.6 Å². The maximum Gasteiger partial charge on any atom is 0.123 e. The molecule has 1 aromatic carbocycles. The highest BCUT2D eigenvalue weighted by atomic mass is 19.1. The van der Waals surface area contributed by atoms with Crippen molar-refractivity contribution >= 4 is 0 Å². The summed E-state index contributed by atoms with van der Waals surface area (Å²) in [7, 11) is 0. The predicted octanol–water partition coefficient (Wildman–Crippen LogP) is 2.01. The second-order valence-electron chi connectivity index (χ2n) is 4.42. The Bertz CT molecular complexity index is 323. The fourth-order valence-electron chi connectivity index (χ4n) is 2.16. The van der Waals surface area contributed by atoms with Crippen LogP contribution in [0.25, 0.3) is 0 Å². The molecule has 2 rings (SSSR count). The lowest BCUT2D eigenvalue weighted by Gasteiger charge is -2.33. The average molecular weight is 222 g/mol. The van der Waals surface area contributed by atoms with Gasteiger partial charge in [-0.1, -0.05) is 19.1 Å². The molecular weight excluding hydrogens is 203 g/mol. The molecule has 1 heterocycles. The van der Waals surface area contributed by atoms with E-state index in [4.69, 9.17) is 0 Å². The Morgan fingerprint density at radius 1 is 1.38 bits per heavy atom. The molecule has 0 aliphatic carbocycles. The molecule has 0 spiro atoms. The lowest BCUT2D eigenvalue weighted by molar-refractivity contribution is 0.190. The molecule has 1 aliphatic rings. The highest BCUT2D eigenvalue weighted by molar-refractivity contribution is 5.16. The molecule has 2 nitrogen and oxygen atoms in total. The lowest BCUT2D eigenvalue weighted by Crippen LogP contribution is -2.49. The summed E-state index contributed by atoms with van der Waals surface area (Å²) in [4.78, 5) is 2.43. The van der Waals surface area contributed by atoms with Crippen molar-refractivity contribution in [1.29, 1.82) is 0 Å². The quantitative estimate of drug-likeness (QED) is 0.841. The second-order valence-corrected chi connectivity index (χ2v) is 4.42. The van der Waals surface area contributed by atoms with Gasteiger partial charge in [0.15, 0.2) is 0 Å². The lowest BCUT2D eigenvalue weighted by atomic mass is 10.1. The zero-order chi connectivity index (χ0) is 11.4. The number of piperazine rings is 1. The molecule has 1 aromatic rings. The highest BCUT2D eigenvalue weighted by Gasteiger charge is 2.17. The summed E-state index contributed by atoms with van der Waals surface area (Å²) in [5.74, 6) is -0.157. The number of hydrogen-bond acceptors (Lipinski definition) is 2. The summed E-state index contributed by atoms with van der Waals surface area (Å²) >= 11 is 0. The summed E-state index contributed by atoms with van der Waals surface area (Å²) in [6.45, 7) is 6.36. The van der Waals surface area contributed by atoms with Crippen LogP contribution in [-0.2, 0) is 6.54 Å². The van der Waals surface area contributed by atoms with Gasteiger partial charge >= 0.3 is 0 Å². The van der Waals surface area contributed by atoms with Crippen LogP contribution < -0.4 is 5.32 Å². The molecule has 0 aromatic heterocycles. The number of nitrogens with one attached hydrogen (secondary N) is 1. The van der Waals surface area contributed by atoms with Gasteiger partial charge in [-0.2, -0.15) is 0 Å². The van der Waals surface area contributed by atoms with E-state index in [2.05, 4.69) is 17.1 Å². The number of halogens is 1. The number of benzene rings is 1. The first-order valence-electron chi connectivity index (χ1n) is 5.98. The highest BCUT2D eigenvalue weighted by Crippen LogP contribution is 2.09. The Morgan fingerprint density at radius 2 is 2.12 bits per heavy atom. The second kappa shape index (κ2) is 5.41. The number of hydrogen-bond donors (Lipinski definition) is 1. The van der Waals surface area contributed by atoms with E-state index >= 15 is 0 Å². The molecule has 0 radical (unpaired) electrons. The van der Waals surface area contributed by atoms with Crippen LogP contribution in [0.4, 0.5) is 4.39 Å². The predicted molar refractivity (Wildman–Crippen MR) is 63.8 cm³/mol. The van der Waals surface area contributed by atoms with Crippen molar-refractivity contribution in [2.75, 3.05) is 19.6 Å². The van der Waals surface area contributed by atoms with Crippen molar-refractivity contribution in [3.8, 4) is 0 Å². The van der Waals surface area contributed by atoms with E-state index in [0.29, 0.717) is 6.04 Å². The zero-order valence-electron chi connectivity index (χ0n) is 9.75. The zero-order valence-corrected chi connectivity index (χ0v) is 9.75. The molecule has 1 saturated heterocycles. The van der Waals surface area contributed by atoms with Gasteiger partial charge in [0, 0.05) is 32.2 Å². The van der Waals surface area contributed by atoms with Gasteiger partial charge in [-0.25, -0.2) is 4.39 Å². The normalized spacial score (nSPS) is 22.2. The topological polar surface area (TPSA) is 15.3 Å². The minimum absolute atomic E-state index is 0.157. The molecule has 16 heavy (non-hydrogen) atoms. The summed E-state index contributed by atoms with van der Waals surface area (Å²) in [5, 5.41) is 3.49. The SMILES string of the molecule is CCC1CN(Cc2ccc(F)cc2)CCN1. The third kappa shape index (κ3) is 3.03. The van der Waals surface area contributed by atoms with E-state index in [1.165, 1.54) is 24.1 Å². The molecule has 1 unspecified atom stereocenters. The number of rotatable bonds is 3. The molecule has 88 valence electrons. The largest absolute Gasteiger partial charge is 0.311 e. The summed E-state index contributed by atoms with van der Waals surface area (Å²) in [5.41, 5.74) is 1.19. The third-order valence-electron chi connectivity index (χ3n) is 3.15. The van der Waals surface area contributed by atoms with Gasteiger partial charge in [-0.15, -0.1) is 0 Å². The Labute approximate surface area is 96.5 Å². The summed E-state index contributed by atoms with van der Waals surface area (Å²) in [6.07, 6.45) is 1.17. The van der Waals surface area contributed by atoms with E-state index in [-0.39, 0.29) is 5.82 Å². The first kappa shape index (κ1) is 11.6. The maximum atomic E-state index is 12.8. The first-order chi connectivity index (χ1) is 7.78. The van der Waals surface area contributed by atoms with E-state index in [1.807, 2.05) is 12.1 Å². The Hall–Kier alpha value is -0.930. The van der Waals surface area contributed by atoms with Crippen molar-refractivity contribution in [2.45, 2.75) is 25.9 Å². The molecule has 1 atom stereocenters. The molecule has 1 aliphatic heterocycles. The van der Waals surface area contributed by atoms with Crippen molar-refractivity contribution in [3.63, 3.8) is 0 Å². The van der Waals surface area contributed by atoms with E-state index in [0.717, 1.165) is 26.2 Å². The van der Waals surface area contributed by atoms with Gasteiger partial charge < -0.3 is 5.32 Å². The summed E-state index contributed by atoms with van der Waals surface area (Å²) in [6, 6.07) is 7.43. The molecule has 1 fully saturated rings. The van der Waals surface area contributed by atoms with E-state index < -0.39 is 0 Å². The van der Waals surface area contributed by atoms with Gasteiger partial charge in [0.2, 0.25) is 0 Å². The smallest absolute Gasteiger partial charge is 0.123 e. The first-order valence-corrected chi connectivity index (χ1v) is 5.98. The maximum absolute atomic E-state index is 12.8. The third-order valence-corrected chi connectivity index (χ3v) is 3.15. The van der Waals surface area contributed by atoms with E-state index in [1.54, 1.807) is 0 Å². The van der Waals surface area contributed by atoms with E-state index in [9.17, 15) is 4.39 Å². The Morgan fingerprint density at radius 3 is 2.81 bits per heavy atom. The van der Waals surface area contributed by atoms with Crippen LogP contribution in [0, 0.1) is 5.82 Å². The van der Waals surface area contributed by atoms with Gasteiger partial charge in [0.1, 0.15) is 5.82 Å². The van der Waals surface area contributed by atoms with Crippen molar-refractivity contribution < 1.29 is 4.39 Å². The standard InChI is InChI=1S/C13H19FN2/c1-2-13-10-16(8-7-15-13)9-11-3-5-12(14)6-4-11/h3-6,13,15H,2,7-10H2,1H3. The minimum Gasteiger partial charge on any atom is -0.311 e. The van der Waals surface area contributed by atoms with Crippen molar-refractivity contribution in [3.05, 3.63) is 35.6 Å². The van der Waals surface area contributed by atoms with Crippen LogP contribution in [0.1, 0.15) is 18.9 Å². The van der Waals surface area contributed by atoms with Crippen LogP contribution >= 0.6 is 0 Å². The fraction of sp³-hybridized carbons (Fsp3) is 0.538. The van der Waals surface area contributed by atoms with Crippen LogP contribution in [0.3, 0.4) is 0 Å². The number of nitrogens with zero attached hydrogens (tertiary/aromatic N) is 1.